The van der Waals surface area contributed by atoms with E-state index in [1.165, 1.54) is 0 Å². The van der Waals surface area contributed by atoms with Gasteiger partial charge in [0.1, 0.15) is 0 Å². The number of β-amino-alcohol motifs (C(OH)–C–C–N with tert-alkyl or cyclic N) is 1. The van der Waals surface area contributed by atoms with Crippen LogP contribution in [0.1, 0.15) is 13.8 Å². The molecule has 4 heteroatoms. The monoisotopic (exact) mass is 186 g/mol. The largest absolute Gasteiger partial charge is 0.395 e. The average Bonchev–Trinajstić information content (AvgIpc) is 2.33. The molecule has 13 heavy (non-hydrogen) atoms. The van der Waals surface area contributed by atoms with Gasteiger partial charge in [0, 0.05) is 20.1 Å². The highest BCUT2D eigenvalue weighted by atomic mass is 16.3. The maximum absolute atomic E-state index is 11.6. The van der Waals surface area contributed by atoms with Crippen molar-refractivity contribution in [1.29, 1.82) is 0 Å². The van der Waals surface area contributed by atoms with Crippen molar-refractivity contribution < 1.29 is 9.90 Å². The van der Waals surface area contributed by atoms with E-state index in [0.717, 1.165) is 6.54 Å². The van der Waals surface area contributed by atoms with Crippen LogP contribution in [-0.2, 0) is 0 Å². The third-order valence-corrected chi connectivity index (χ3v) is 2.62. The van der Waals surface area contributed by atoms with E-state index >= 15 is 0 Å². The topological polar surface area (TPSA) is 43.8 Å². The Kier molecular flexibility index (Phi) is 3.14. The summed E-state index contributed by atoms with van der Waals surface area (Å²) in [7, 11) is 1.82. The van der Waals surface area contributed by atoms with E-state index < -0.39 is 0 Å². The number of hydrogen-bond donors (Lipinski definition) is 1. The van der Waals surface area contributed by atoms with Crippen LogP contribution in [0.25, 0.3) is 0 Å². The van der Waals surface area contributed by atoms with E-state index in [2.05, 4.69) is 13.8 Å². The first-order valence-corrected chi connectivity index (χ1v) is 4.70. The smallest absolute Gasteiger partial charge is 0.320 e. The second-order valence-corrected chi connectivity index (χ2v) is 3.87. The molecular weight excluding hydrogens is 168 g/mol. The molecule has 1 fully saturated rings. The third kappa shape index (κ3) is 1.94. The van der Waals surface area contributed by atoms with Gasteiger partial charge in [-0.2, -0.15) is 0 Å². The van der Waals surface area contributed by atoms with E-state index in [-0.39, 0.29) is 12.6 Å². The minimum atomic E-state index is 0.0350. The van der Waals surface area contributed by atoms with E-state index in [9.17, 15) is 4.79 Å². The van der Waals surface area contributed by atoms with Crippen LogP contribution >= 0.6 is 0 Å². The third-order valence-electron chi connectivity index (χ3n) is 2.62. The highest BCUT2D eigenvalue weighted by molar-refractivity contribution is 5.76. The van der Waals surface area contributed by atoms with Gasteiger partial charge in [-0.25, -0.2) is 4.79 Å². The SMILES string of the molecule is CC(C)C1CN(CCO)C(=O)N1C. The number of likely N-dealkylation sites (N-methyl/N-ethyl adjacent to an activating group) is 1. The van der Waals surface area contributed by atoms with Crippen molar-refractivity contribution in [3.8, 4) is 0 Å². The normalized spacial score (nSPS) is 23.5. The number of carbonyl (C=O) groups excluding carboxylic acids is 1. The molecule has 1 N–H and O–H groups in total. The van der Waals surface area contributed by atoms with E-state index in [1.54, 1.807) is 9.80 Å². The Bertz CT molecular complexity index is 194. The first-order valence-electron chi connectivity index (χ1n) is 4.70. The van der Waals surface area contributed by atoms with Gasteiger partial charge in [0.05, 0.1) is 12.6 Å². The predicted molar refractivity (Wildman–Crippen MR) is 50.4 cm³/mol. The van der Waals surface area contributed by atoms with Crippen molar-refractivity contribution in [2.24, 2.45) is 5.92 Å². The van der Waals surface area contributed by atoms with Gasteiger partial charge in [0.2, 0.25) is 0 Å². The molecule has 1 rings (SSSR count). The molecule has 0 radical (unpaired) electrons. The Morgan fingerprint density at radius 2 is 2.23 bits per heavy atom. The van der Waals surface area contributed by atoms with E-state index in [0.29, 0.717) is 18.5 Å². The maximum Gasteiger partial charge on any atom is 0.320 e. The Labute approximate surface area is 79.1 Å². The summed E-state index contributed by atoms with van der Waals surface area (Å²) in [6.45, 7) is 5.46. The van der Waals surface area contributed by atoms with Crippen molar-refractivity contribution in [2.45, 2.75) is 19.9 Å². The number of aliphatic hydroxyl groups excluding tert-OH is 1. The zero-order valence-electron chi connectivity index (χ0n) is 8.53. The zero-order valence-corrected chi connectivity index (χ0v) is 8.53. The lowest BCUT2D eigenvalue weighted by molar-refractivity contribution is 0.181. The van der Waals surface area contributed by atoms with Gasteiger partial charge < -0.3 is 14.9 Å². The standard InChI is InChI=1S/C9H18N2O2/c1-7(2)8-6-11(4-5-12)9(13)10(8)3/h7-8,12H,4-6H2,1-3H3. The fourth-order valence-corrected chi connectivity index (χ4v) is 1.76. The molecule has 4 nitrogen and oxygen atoms in total. The van der Waals surface area contributed by atoms with Crippen LogP contribution in [0.2, 0.25) is 0 Å². The fraction of sp³-hybridized carbons (Fsp3) is 0.889. The molecule has 1 atom stereocenters. The first-order chi connectivity index (χ1) is 6.07. The molecule has 2 amide bonds. The van der Waals surface area contributed by atoms with Crippen molar-refractivity contribution >= 4 is 6.03 Å². The number of urea groups is 1. The second kappa shape index (κ2) is 3.96. The van der Waals surface area contributed by atoms with Crippen molar-refractivity contribution in [2.75, 3.05) is 26.7 Å². The molecule has 76 valence electrons. The molecule has 1 saturated heterocycles. The highest BCUT2D eigenvalue weighted by Gasteiger charge is 2.35. The first kappa shape index (κ1) is 10.3. The predicted octanol–water partition coefficient (Wildman–Crippen LogP) is 0.371. The fourth-order valence-electron chi connectivity index (χ4n) is 1.76. The van der Waals surface area contributed by atoms with Gasteiger partial charge in [-0.3, -0.25) is 0 Å². The second-order valence-electron chi connectivity index (χ2n) is 3.87. The summed E-state index contributed by atoms with van der Waals surface area (Å²) in [5, 5.41) is 8.74. The van der Waals surface area contributed by atoms with Gasteiger partial charge in [0.25, 0.3) is 0 Å². The Morgan fingerprint density at radius 3 is 2.62 bits per heavy atom. The number of aliphatic hydroxyl groups is 1. The molecule has 1 unspecified atom stereocenters. The molecule has 0 aromatic heterocycles. The molecule has 0 saturated carbocycles. The van der Waals surface area contributed by atoms with Crippen molar-refractivity contribution in [3.63, 3.8) is 0 Å². The lowest BCUT2D eigenvalue weighted by Gasteiger charge is -2.20. The van der Waals surface area contributed by atoms with Crippen LogP contribution in [0, 0.1) is 5.92 Å². The summed E-state index contributed by atoms with van der Waals surface area (Å²) in [6, 6.07) is 0.326. The molecule has 0 aromatic carbocycles. The van der Waals surface area contributed by atoms with Crippen LogP contribution in [0.4, 0.5) is 4.79 Å². The summed E-state index contributed by atoms with van der Waals surface area (Å²) in [4.78, 5) is 15.0. The summed E-state index contributed by atoms with van der Waals surface area (Å²) in [5.41, 5.74) is 0. The van der Waals surface area contributed by atoms with Crippen molar-refractivity contribution in [3.05, 3.63) is 0 Å². The maximum atomic E-state index is 11.6. The number of amides is 2. The number of carbonyl (C=O) groups is 1. The van der Waals surface area contributed by atoms with Crippen molar-refractivity contribution in [1.82, 2.24) is 9.80 Å². The van der Waals surface area contributed by atoms with E-state index in [1.807, 2.05) is 7.05 Å². The molecule has 1 heterocycles. The van der Waals surface area contributed by atoms with Crippen LogP contribution in [-0.4, -0.2) is 53.7 Å². The quantitative estimate of drug-likeness (QED) is 0.692. The van der Waals surface area contributed by atoms with Gasteiger partial charge in [0.15, 0.2) is 0 Å². The zero-order chi connectivity index (χ0) is 10.0. The summed E-state index contributed by atoms with van der Waals surface area (Å²) in [5.74, 6) is 0.470. The summed E-state index contributed by atoms with van der Waals surface area (Å²) < 4.78 is 0. The highest BCUT2D eigenvalue weighted by Crippen LogP contribution is 2.19. The Morgan fingerprint density at radius 1 is 1.62 bits per heavy atom. The molecule has 0 spiro atoms. The molecular formula is C9H18N2O2. The molecule has 1 aliphatic heterocycles. The van der Waals surface area contributed by atoms with Crippen LogP contribution in [0.5, 0.6) is 0 Å². The number of rotatable bonds is 3. The average molecular weight is 186 g/mol. The molecule has 0 aliphatic carbocycles. The molecule has 0 bridgehead atoms. The lowest BCUT2D eigenvalue weighted by Crippen LogP contribution is -2.34. The van der Waals surface area contributed by atoms with Crippen LogP contribution < -0.4 is 0 Å². The summed E-state index contributed by atoms with van der Waals surface area (Å²) >= 11 is 0. The number of nitrogens with zero attached hydrogens (tertiary/aromatic N) is 2. The van der Waals surface area contributed by atoms with Crippen LogP contribution in [0.3, 0.4) is 0 Å². The molecule has 0 aromatic rings. The Hall–Kier alpha value is -0.770. The van der Waals surface area contributed by atoms with Gasteiger partial charge in [-0.15, -0.1) is 0 Å². The van der Waals surface area contributed by atoms with Gasteiger partial charge >= 0.3 is 6.03 Å². The Balaban J connectivity index is 2.61. The molecule has 1 aliphatic rings. The van der Waals surface area contributed by atoms with Gasteiger partial charge in [-0.1, -0.05) is 13.8 Å². The van der Waals surface area contributed by atoms with Crippen LogP contribution in [0.15, 0.2) is 0 Å². The van der Waals surface area contributed by atoms with Gasteiger partial charge in [-0.05, 0) is 5.92 Å². The minimum absolute atomic E-state index is 0.0350. The number of hydrogen-bond acceptors (Lipinski definition) is 2. The summed E-state index contributed by atoms with van der Waals surface area (Å²) in [6.07, 6.45) is 0. The lowest BCUT2D eigenvalue weighted by atomic mass is 10.0. The minimum Gasteiger partial charge on any atom is -0.395 e. The van der Waals surface area contributed by atoms with E-state index in [4.69, 9.17) is 5.11 Å².